The van der Waals surface area contributed by atoms with Crippen LogP contribution in [0.2, 0.25) is 0 Å². The van der Waals surface area contributed by atoms with E-state index in [0.717, 1.165) is 25.2 Å². The van der Waals surface area contributed by atoms with E-state index in [0.29, 0.717) is 25.6 Å². The van der Waals surface area contributed by atoms with Crippen LogP contribution in [-0.4, -0.2) is 48.5 Å². The van der Waals surface area contributed by atoms with Gasteiger partial charge in [0.15, 0.2) is 0 Å². The average Bonchev–Trinajstić information content (AvgIpc) is 2.67. The van der Waals surface area contributed by atoms with Gasteiger partial charge in [-0.15, -0.1) is 0 Å². The molecule has 0 bridgehead atoms. The third-order valence-corrected chi connectivity index (χ3v) is 4.58. The van der Waals surface area contributed by atoms with E-state index in [1.165, 1.54) is 12.0 Å². The summed E-state index contributed by atoms with van der Waals surface area (Å²) in [6, 6.07) is 14.5. The van der Waals surface area contributed by atoms with E-state index < -0.39 is 0 Å². The Balaban J connectivity index is 1.37. The summed E-state index contributed by atoms with van der Waals surface area (Å²) in [5.41, 5.74) is 2.35. The smallest absolute Gasteiger partial charge is 0.234 e. The number of rotatable bonds is 7. The monoisotopic (exact) mass is 338 g/mol. The molecule has 5 nitrogen and oxygen atoms in total. The van der Waals surface area contributed by atoms with Gasteiger partial charge in [0, 0.05) is 32.0 Å². The number of aromatic nitrogens is 1. The molecule has 1 aliphatic heterocycles. The zero-order chi connectivity index (χ0) is 17.3. The molecule has 1 aromatic carbocycles. The zero-order valence-electron chi connectivity index (χ0n) is 14.5. The first-order valence-electron chi connectivity index (χ1n) is 8.99. The van der Waals surface area contributed by atoms with Gasteiger partial charge >= 0.3 is 0 Å². The Morgan fingerprint density at radius 3 is 2.84 bits per heavy atom. The second-order valence-electron chi connectivity index (χ2n) is 6.50. The molecule has 0 unspecified atom stereocenters. The number of carbonyl (C=O) groups is 1. The van der Waals surface area contributed by atoms with E-state index in [2.05, 4.69) is 50.8 Å². The Morgan fingerprint density at radius 1 is 1.16 bits per heavy atom. The minimum absolute atomic E-state index is 0.0988. The average molecular weight is 338 g/mol. The van der Waals surface area contributed by atoms with Crippen molar-refractivity contribution in [3.05, 3.63) is 60.4 Å². The van der Waals surface area contributed by atoms with Crippen LogP contribution < -0.4 is 10.6 Å². The summed E-state index contributed by atoms with van der Waals surface area (Å²) in [7, 11) is 0. The number of carbonyl (C=O) groups excluding carboxylic acids is 1. The van der Waals surface area contributed by atoms with Crippen LogP contribution in [0.25, 0.3) is 0 Å². The normalized spacial score (nSPS) is 17.8. The van der Waals surface area contributed by atoms with Crippen molar-refractivity contribution in [2.45, 2.75) is 18.8 Å². The highest BCUT2D eigenvalue weighted by molar-refractivity contribution is 5.78. The fraction of sp³-hybridized carbons (Fsp3) is 0.400. The molecule has 132 valence electrons. The molecule has 0 aliphatic carbocycles. The fourth-order valence-corrected chi connectivity index (χ4v) is 3.33. The number of benzene rings is 1. The molecular formula is C20H26N4O. The lowest BCUT2D eigenvalue weighted by molar-refractivity contribution is -0.122. The number of piperidine rings is 1. The summed E-state index contributed by atoms with van der Waals surface area (Å²) in [6.45, 7) is 3.76. The lowest BCUT2D eigenvalue weighted by Gasteiger charge is -2.32. The van der Waals surface area contributed by atoms with Gasteiger partial charge in [-0.2, -0.15) is 0 Å². The number of nitrogens with one attached hydrogen (secondary N) is 2. The Morgan fingerprint density at radius 2 is 2.04 bits per heavy atom. The highest BCUT2D eigenvalue weighted by Gasteiger charge is 2.22. The van der Waals surface area contributed by atoms with Crippen molar-refractivity contribution in [1.29, 1.82) is 0 Å². The SMILES string of the molecule is O=C(CN1CCC[C@@H](c2ccccc2)C1)NCCNc1cccnc1. The zero-order valence-corrected chi connectivity index (χ0v) is 14.5. The maximum atomic E-state index is 12.2. The van der Waals surface area contributed by atoms with Crippen LogP contribution in [0.1, 0.15) is 24.3 Å². The van der Waals surface area contributed by atoms with Gasteiger partial charge in [-0.1, -0.05) is 30.3 Å². The van der Waals surface area contributed by atoms with Gasteiger partial charge in [0.05, 0.1) is 12.2 Å². The second kappa shape index (κ2) is 9.18. The third-order valence-electron chi connectivity index (χ3n) is 4.58. The first-order chi connectivity index (χ1) is 12.3. The molecule has 5 heteroatoms. The fourth-order valence-electron chi connectivity index (χ4n) is 3.33. The summed E-state index contributed by atoms with van der Waals surface area (Å²) in [5.74, 6) is 0.636. The van der Waals surface area contributed by atoms with Gasteiger partial charge in [-0.25, -0.2) is 0 Å². The van der Waals surface area contributed by atoms with Crippen LogP contribution in [0.15, 0.2) is 54.9 Å². The minimum atomic E-state index is 0.0988. The summed E-state index contributed by atoms with van der Waals surface area (Å²) < 4.78 is 0. The van der Waals surface area contributed by atoms with E-state index >= 15 is 0 Å². The largest absolute Gasteiger partial charge is 0.382 e. The number of hydrogen-bond acceptors (Lipinski definition) is 4. The van der Waals surface area contributed by atoms with E-state index in [1.807, 2.05) is 12.1 Å². The second-order valence-corrected chi connectivity index (χ2v) is 6.50. The molecule has 0 spiro atoms. The van der Waals surface area contributed by atoms with Crippen LogP contribution in [0.3, 0.4) is 0 Å². The Labute approximate surface area is 149 Å². The van der Waals surface area contributed by atoms with Crippen molar-refractivity contribution in [2.24, 2.45) is 0 Å². The predicted octanol–water partition coefficient (Wildman–Crippen LogP) is 2.49. The van der Waals surface area contributed by atoms with Gasteiger partial charge in [-0.3, -0.25) is 14.7 Å². The number of amides is 1. The summed E-state index contributed by atoms with van der Waals surface area (Å²) >= 11 is 0. The topological polar surface area (TPSA) is 57.3 Å². The lowest BCUT2D eigenvalue weighted by atomic mass is 9.91. The minimum Gasteiger partial charge on any atom is -0.382 e. The summed E-state index contributed by atoms with van der Waals surface area (Å²) in [6.07, 6.45) is 5.88. The van der Waals surface area contributed by atoms with E-state index in [1.54, 1.807) is 12.4 Å². The van der Waals surface area contributed by atoms with Crippen molar-refractivity contribution >= 4 is 11.6 Å². The molecule has 25 heavy (non-hydrogen) atoms. The number of hydrogen-bond donors (Lipinski definition) is 2. The van der Waals surface area contributed by atoms with Crippen LogP contribution >= 0.6 is 0 Å². The number of likely N-dealkylation sites (tertiary alicyclic amines) is 1. The highest BCUT2D eigenvalue weighted by Crippen LogP contribution is 2.26. The van der Waals surface area contributed by atoms with Gasteiger partial charge in [0.1, 0.15) is 0 Å². The van der Waals surface area contributed by atoms with Crippen molar-refractivity contribution in [3.63, 3.8) is 0 Å². The summed E-state index contributed by atoms with van der Waals surface area (Å²) in [5, 5.41) is 6.23. The van der Waals surface area contributed by atoms with Crippen LogP contribution in [0.5, 0.6) is 0 Å². The maximum absolute atomic E-state index is 12.2. The molecule has 1 atom stereocenters. The summed E-state index contributed by atoms with van der Waals surface area (Å²) in [4.78, 5) is 18.5. The van der Waals surface area contributed by atoms with Crippen molar-refractivity contribution in [1.82, 2.24) is 15.2 Å². The van der Waals surface area contributed by atoms with Gasteiger partial charge in [-0.05, 0) is 43.0 Å². The van der Waals surface area contributed by atoms with Crippen molar-refractivity contribution in [3.8, 4) is 0 Å². The molecule has 1 amide bonds. The standard InChI is InChI=1S/C20H26N4O/c25-20(23-12-11-22-19-9-4-10-21-14-19)16-24-13-5-8-18(15-24)17-6-2-1-3-7-17/h1-4,6-7,9-10,14,18,22H,5,8,11-13,15-16H2,(H,23,25)/t18-/m1/s1. The van der Waals surface area contributed by atoms with Gasteiger partial charge < -0.3 is 10.6 Å². The number of pyridine rings is 1. The quantitative estimate of drug-likeness (QED) is 0.762. The predicted molar refractivity (Wildman–Crippen MR) is 101 cm³/mol. The highest BCUT2D eigenvalue weighted by atomic mass is 16.2. The molecule has 0 radical (unpaired) electrons. The molecule has 1 aromatic heterocycles. The van der Waals surface area contributed by atoms with Gasteiger partial charge in [0.2, 0.25) is 5.91 Å². The molecule has 3 rings (SSSR count). The number of nitrogens with zero attached hydrogens (tertiary/aromatic N) is 2. The molecular weight excluding hydrogens is 312 g/mol. The molecule has 1 saturated heterocycles. The van der Waals surface area contributed by atoms with Crippen LogP contribution in [0, 0.1) is 0 Å². The van der Waals surface area contributed by atoms with Gasteiger partial charge in [0.25, 0.3) is 0 Å². The Hall–Kier alpha value is -2.40. The first kappa shape index (κ1) is 17.4. The third kappa shape index (κ3) is 5.57. The maximum Gasteiger partial charge on any atom is 0.234 e. The molecule has 2 heterocycles. The van der Waals surface area contributed by atoms with E-state index in [4.69, 9.17) is 0 Å². The first-order valence-corrected chi connectivity index (χ1v) is 8.99. The Kier molecular flexibility index (Phi) is 6.40. The Bertz CT molecular complexity index is 647. The van der Waals surface area contributed by atoms with E-state index in [9.17, 15) is 4.79 Å². The van der Waals surface area contributed by atoms with Crippen molar-refractivity contribution < 1.29 is 4.79 Å². The number of anilines is 1. The molecule has 0 saturated carbocycles. The van der Waals surface area contributed by atoms with E-state index in [-0.39, 0.29) is 5.91 Å². The lowest BCUT2D eigenvalue weighted by Crippen LogP contribution is -2.42. The molecule has 2 aromatic rings. The van der Waals surface area contributed by atoms with Crippen LogP contribution in [0.4, 0.5) is 5.69 Å². The molecule has 2 N–H and O–H groups in total. The molecule has 1 aliphatic rings. The molecule has 1 fully saturated rings. The van der Waals surface area contributed by atoms with Crippen LogP contribution in [-0.2, 0) is 4.79 Å². The van der Waals surface area contributed by atoms with Crippen molar-refractivity contribution in [2.75, 3.05) is 38.0 Å².